The smallest absolute Gasteiger partial charge is 0.352 e. The van der Waals surface area contributed by atoms with Gasteiger partial charge in [0.1, 0.15) is 0 Å². The van der Waals surface area contributed by atoms with Crippen LogP contribution in [0.2, 0.25) is 0 Å². The van der Waals surface area contributed by atoms with Gasteiger partial charge in [0.2, 0.25) is 0 Å². The molecule has 4 nitrogen and oxygen atoms in total. The molecule has 0 aliphatic carbocycles. The molecule has 0 atom stereocenters. The summed E-state index contributed by atoms with van der Waals surface area (Å²) in [4.78, 5) is 10.3. The van der Waals surface area contributed by atoms with Crippen LogP contribution in [0.5, 0.6) is 0 Å². The van der Waals surface area contributed by atoms with Crippen LogP contribution in [0.4, 0.5) is 0 Å². The van der Waals surface area contributed by atoms with Gasteiger partial charge in [-0.05, 0) is 6.08 Å². The van der Waals surface area contributed by atoms with E-state index in [1.165, 1.54) is 6.21 Å². The van der Waals surface area contributed by atoms with E-state index in [1.54, 1.807) is 12.2 Å². The number of carboxylic acid groups (broad SMARTS) is 1. The first kappa shape index (κ1) is 6.67. The Kier molecular flexibility index (Phi) is 1.94. The fraction of sp³-hybridized carbons (Fsp3) is 0.167. The number of carbonyl (C=O) groups is 1. The largest absolute Gasteiger partial charge is 0.477 e. The summed E-state index contributed by atoms with van der Waals surface area (Å²) in [6, 6.07) is 0. The molecule has 0 saturated heterocycles. The normalized spacial score (nSPS) is 16.2. The second kappa shape index (κ2) is 2.91. The predicted octanol–water partition coefficient (Wildman–Crippen LogP) is 0.458. The zero-order valence-corrected chi connectivity index (χ0v) is 5.19. The highest BCUT2D eigenvalue weighted by atomic mass is 16.4. The van der Waals surface area contributed by atoms with Gasteiger partial charge in [-0.2, -0.15) is 5.10 Å². The monoisotopic (exact) mass is 138 g/mol. The molecule has 0 saturated carbocycles. The van der Waals surface area contributed by atoms with Crippen molar-refractivity contribution in [3.8, 4) is 0 Å². The van der Waals surface area contributed by atoms with Crippen molar-refractivity contribution < 1.29 is 9.90 Å². The van der Waals surface area contributed by atoms with Crippen molar-refractivity contribution in [3.05, 3.63) is 12.2 Å². The van der Waals surface area contributed by atoms with E-state index in [0.29, 0.717) is 6.42 Å². The number of allylic oxidation sites excluding steroid dienone is 2. The Morgan fingerprint density at radius 2 is 2.50 bits per heavy atom. The van der Waals surface area contributed by atoms with Gasteiger partial charge >= 0.3 is 5.97 Å². The van der Waals surface area contributed by atoms with Crippen LogP contribution in [0.1, 0.15) is 6.42 Å². The molecule has 0 aromatic rings. The molecule has 0 bridgehead atoms. The van der Waals surface area contributed by atoms with Gasteiger partial charge in [-0.1, -0.05) is 6.08 Å². The zero-order valence-electron chi connectivity index (χ0n) is 5.19. The molecular weight excluding hydrogens is 132 g/mol. The lowest BCUT2D eigenvalue weighted by Gasteiger charge is -1.89. The standard InChI is InChI=1S/C6H6N2O2/c9-6(10)5-3-1-2-4-7-8-5/h1-2,4H,3H2,(H,9,10). The van der Waals surface area contributed by atoms with E-state index < -0.39 is 5.97 Å². The molecule has 1 heterocycles. The fourth-order valence-electron chi connectivity index (χ4n) is 0.553. The Morgan fingerprint density at radius 1 is 1.70 bits per heavy atom. The quantitative estimate of drug-likeness (QED) is 0.572. The third-order valence-corrected chi connectivity index (χ3v) is 1.03. The lowest BCUT2D eigenvalue weighted by atomic mass is 10.2. The molecule has 1 N–H and O–H groups in total. The number of carboxylic acids is 1. The Balaban J connectivity index is 2.78. The summed E-state index contributed by atoms with van der Waals surface area (Å²) >= 11 is 0. The van der Waals surface area contributed by atoms with Crippen molar-refractivity contribution in [2.24, 2.45) is 10.2 Å². The number of hydrogen-bond donors (Lipinski definition) is 1. The molecule has 0 spiro atoms. The van der Waals surface area contributed by atoms with Crippen LogP contribution in [0.3, 0.4) is 0 Å². The Labute approximate surface area is 57.6 Å². The number of hydrogen-bond acceptors (Lipinski definition) is 3. The third-order valence-electron chi connectivity index (χ3n) is 1.03. The summed E-state index contributed by atoms with van der Waals surface area (Å²) in [5.41, 5.74) is 0.0741. The Morgan fingerprint density at radius 3 is 3.20 bits per heavy atom. The minimum absolute atomic E-state index is 0.0741. The van der Waals surface area contributed by atoms with Crippen LogP contribution in [0, 0.1) is 0 Å². The molecule has 1 aliphatic rings. The van der Waals surface area contributed by atoms with Gasteiger partial charge in [0.25, 0.3) is 0 Å². The molecular formula is C6H6N2O2. The molecule has 0 fully saturated rings. The first-order valence-electron chi connectivity index (χ1n) is 2.79. The molecule has 1 aliphatic heterocycles. The molecule has 0 amide bonds. The van der Waals surface area contributed by atoms with E-state index in [-0.39, 0.29) is 5.71 Å². The lowest BCUT2D eigenvalue weighted by molar-refractivity contribution is -0.129. The maximum atomic E-state index is 10.3. The van der Waals surface area contributed by atoms with Crippen LogP contribution in [-0.4, -0.2) is 23.0 Å². The molecule has 0 aromatic heterocycles. The summed E-state index contributed by atoms with van der Waals surface area (Å²) in [6.45, 7) is 0. The van der Waals surface area contributed by atoms with Crippen LogP contribution >= 0.6 is 0 Å². The molecule has 10 heavy (non-hydrogen) atoms. The summed E-state index contributed by atoms with van der Waals surface area (Å²) in [7, 11) is 0. The maximum absolute atomic E-state index is 10.3. The van der Waals surface area contributed by atoms with Crippen molar-refractivity contribution in [1.82, 2.24) is 0 Å². The van der Waals surface area contributed by atoms with Gasteiger partial charge in [-0.15, -0.1) is 5.10 Å². The molecule has 1 rings (SSSR count). The first-order chi connectivity index (χ1) is 4.80. The number of rotatable bonds is 1. The molecule has 0 unspecified atom stereocenters. The van der Waals surface area contributed by atoms with Gasteiger partial charge in [0, 0.05) is 12.6 Å². The average Bonchev–Trinajstić information content (AvgIpc) is 2.12. The van der Waals surface area contributed by atoms with E-state index in [4.69, 9.17) is 5.11 Å². The van der Waals surface area contributed by atoms with Crippen molar-refractivity contribution in [1.29, 1.82) is 0 Å². The van der Waals surface area contributed by atoms with Crippen molar-refractivity contribution in [2.45, 2.75) is 6.42 Å². The van der Waals surface area contributed by atoms with E-state index in [0.717, 1.165) is 0 Å². The summed E-state index contributed by atoms with van der Waals surface area (Å²) in [6.07, 6.45) is 5.16. The Hall–Kier alpha value is -1.45. The second-order valence-corrected chi connectivity index (χ2v) is 1.75. The van der Waals surface area contributed by atoms with Gasteiger partial charge in [-0.25, -0.2) is 4.79 Å². The first-order valence-corrected chi connectivity index (χ1v) is 2.79. The van der Waals surface area contributed by atoms with Crippen molar-refractivity contribution in [3.63, 3.8) is 0 Å². The highest BCUT2D eigenvalue weighted by Crippen LogP contribution is 1.93. The van der Waals surface area contributed by atoms with E-state index in [2.05, 4.69) is 10.2 Å². The van der Waals surface area contributed by atoms with Crippen LogP contribution < -0.4 is 0 Å². The molecule has 0 radical (unpaired) electrons. The van der Waals surface area contributed by atoms with Gasteiger partial charge in [0.15, 0.2) is 5.71 Å². The molecule has 52 valence electrons. The zero-order chi connectivity index (χ0) is 7.40. The summed E-state index contributed by atoms with van der Waals surface area (Å²) in [5, 5.41) is 15.3. The summed E-state index contributed by atoms with van der Waals surface area (Å²) in [5.74, 6) is -1.01. The van der Waals surface area contributed by atoms with Gasteiger partial charge in [0.05, 0.1) is 0 Å². The van der Waals surface area contributed by atoms with Gasteiger partial charge < -0.3 is 5.11 Å². The number of nitrogens with zero attached hydrogens (tertiary/aromatic N) is 2. The minimum Gasteiger partial charge on any atom is -0.477 e. The topological polar surface area (TPSA) is 62.0 Å². The average molecular weight is 138 g/mol. The third kappa shape index (κ3) is 1.51. The van der Waals surface area contributed by atoms with Gasteiger partial charge in [-0.3, -0.25) is 0 Å². The highest BCUT2D eigenvalue weighted by Gasteiger charge is 2.06. The maximum Gasteiger partial charge on any atom is 0.352 e. The SMILES string of the molecule is O=C(O)C1=NN=CC=CC1. The lowest BCUT2D eigenvalue weighted by Crippen LogP contribution is -2.10. The Bertz CT molecular complexity index is 228. The molecule has 4 heteroatoms. The van der Waals surface area contributed by atoms with Crippen molar-refractivity contribution >= 4 is 17.9 Å². The van der Waals surface area contributed by atoms with Crippen molar-refractivity contribution in [2.75, 3.05) is 0 Å². The number of aliphatic carboxylic acids is 1. The van der Waals surface area contributed by atoms with Crippen LogP contribution in [-0.2, 0) is 4.79 Å². The second-order valence-electron chi connectivity index (χ2n) is 1.75. The fourth-order valence-corrected chi connectivity index (χ4v) is 0.553. The molecule has 0 aromatic carbocycles. The summed E-state index contributed by atoms with van der Waals surface area (Å²) < 4.78 is 0. The predicted molar refractivity (Wildman–Crippen MR) is 37.3 cm³/mol. The van der Waals surface area contributed by atoms with E-state index in [9.17, 15) is 4.79 Å². The minimum atomic E-state index is -1.01. The van der Waals surface area contributed by atoms with Crippen LogP contribution in [0.25, 0.3) is 0 Å². The van der Waals surface area contributed by atoms with E-state index >= 15 is 0 Å². The van der Waals surface area contributed by atoms with E-state index in [1.807, 2.05) is 0 Å². The highest BCUT2D eigenvalue weighted by molar-refractivity contribution is 6.36. The van der Waals surface area contributed by atoms with Crippen LogP contribution in [0.15, 0.2) is 22.4 Å².